The maximum Gasteiger partial charge on any atom is 0.00219 e. The maximum atomic E-state index is 3.00. The summed E-state index contributed by atoms with van der Waals surface area (Å²) >= 11 is 0. The average molecular weight is 627 g/mol. The molecule has 0 amide bonds. The smallest absolute Gasteiger partial charge is 0.00219 e. The minimum absolute atomic E-state index is 0.101. The first-order valence-electron chi connectivity index (χ1n) is 16.3. The van der Waals surface area contributed by atoms with Crippen molar-refractivity contribution in [1.82, 2.24) is 0 Å². The van der Waals surface area contributed by atoms with Gasteiger partial charge in [-0.1, -0.05) is 136 Å². The Morgan fingerprint density at radius 3 is 1.60 bits per heavy atom. The lowest BCUT2D eigenvalue weighted by Crippen LogP contribution is -2.10. The molecule has 47 heavy (non-hydrogen) atoms. The van der Waals surface area contributed by atoms with Crippen LogP contribution < -0.4 is 0 Å². The minimum atomic E-state index is -1.16. The molecule has 1 aliphatic rings. The summed E-state index contributed by atoms with van der Waals surface area (Å²) in [6.07, 6.45) is 4.93. The van der Waals surface area contributed by atoms with Gasteiger partial charge in [0.15, 0.2) is 0 Å². The molecule has 7 aromatic rings. The van der Waals surface area contributed by atoms with Gasteiger partial charge in [0.25, 0.3) is 0 Å². The Morgan fingerprint density at radius 2 is 0.936 bits per heavy atom. The van der Waals surface area contributed by atoms with Gasteiger partial charge in [0.05, 0.1) is 0 Å². The summed E-state index contributed by atoms with van der Waals surface area (Å²) in [6, 6.07) is 52.4. The van der Waals surface area contributed by atoms with Gasteiger partial charge in [-0.25, -0.2) is 0 Å². The van der Waals surface area contributed by atoms with Crippen LogP contribution >= 0.6 is 10.0 Å². The fraction of sp³-hybridized carbons (Fsp3) is 0.130. The highest BCUT2D eigenvalue weighted by Crippen LogP contribution is 2.68. The Hall–Kier alpha value is -4.85. The highest BCUT2D eigenvalue weighted by molar-refractivity contribution is 8.33. The van der Waals surface area contributed by atoms with Crippen molar-refractivity contribution in [2.24, 2.45) is 0 Å². The molecule has 0 fully saturated rings. The number of hydrogen-bond acceptors (Lipinski definition) is 0. The molecule has 0 aliphatic carbocycles. The van der Waals surface area contributed by atoms with Gasteiger partial charge in [0.2, 0.25) is 0 Å². The van der Waals surface area contributed by atoms with Crippen molar-refractivity contribution >= 4 is 31.6 Å². The lowest BCUT2D eigenvalue weighted by molar-refractivity contribution is 0.590. The first-order valence-corrected chi connectivity index (χ1v) is 18.8. The van der Waals surface area contributed by atoms with Gasteiger partial charge in [-0.2, -0.15) is 10.0 Å². The van der Waals surface area contributed by atoms with Gasteiger partial charge < -0.3 is 0 Å². The maximum absolute atomic E-state index is 3.00. The van der Waals surface area contributed by atoms with E-state index in [1.54, 1.807) is 0 Å². The molecule has 1 heterocycles. The molecule has 0 spiro atoms. The molecule has 232 valence electrons. The van der Waals surface area contributed by atoms with Gasteiger partial charge in [0, 0.05) is 9.79 Å². The molecular weight excluding hydrogens is 585 g/mol. The molecule has 1 aliphatic heterocycles. The third-order valence-electron chi connectivity index (χ3n) is 9.70. The van der Waals surface area contributed by atoms with Crippen LogP contribution in [-0.4, -0.2) is 12.5 Å². The molecule has 8 rings (SSSR count). The third kappa shape index (κ3) is 5.11. The van der Waals surface area contributed by atoms with E-state index < -0.39 is 10.0 Å². The Bertz CT molecular complexity index is 2250. The lowest BCUT2D eigenvalue weighted by Gasteiger charge is -2.29. The van der Waals surface area contributed by atoms with E-state index in [1.165, 1.54) is 81.4 Å². The molecular formula is C46H42S. The molecule has 0 saturated carbocycles. The van der Waals surface area contributed by atoms with E-state index in [0.717, 1.165) is 0 Å². The van der Waals surface area contributed by atoms with Crippen molar-refractivity contribution in [2.75, 3.05) is 12.5 Å². The highest BCUT2D eigenvalue weighted by atomic mass is 32.3. The van der Waals surface area contributed by atoms with E-state index in [0.29, 0.717) is 0 Å². The third-order valence-corrected chi connectivity index (χ3v) is 12.6. The van der Waals surface area contributed by atoms with Gasteiger partial charge in [-0.15, -0.1) is 13.2 Å². The fourth-order valence-electron chi connectivity index (χ4n) is 7.31. The van der Waals surface area contributed by atoms with Gasteiger partial charge in [-0.3, -0.25) is 0 Å². The predicted molar refractivity (Wildman–Crippen MR) is 209 cm³/mol. The second kappa shape index (κ2) is 11.7. The first kappa shape index (κ1) is 30.8. The standard InChI is InChI=1S/C44H38S.C2H4/c1-44(2,3)33-23-20-31(21-24-33)42-35-25-22-32(29-14-8-6-9-15-29)26-37(35)43(30-16-10-7-11-17-30)39-28-41-36(27-38(39)42)34-18-12-13-19-40(34)45(41,4)5;1-2/h6-28H,1-5H3;1-2H2. The fourth-order valence-corrected chi connectivity index (χ4v) is 9.83. The van der Waals surface area contributed by atoms with Crippen molar-refractivity contribution < 1.29 is 0 Å². The number of fused-ring (bicyclic) bond motifs is 5. The normalized spacial score (nSPS) is 13.8. The number of hydrogen-bond donors (Lipinski definition) is 0. The van der Waals surface area contributed by atoms with E-state index in [2.05, 4.69) is 186 Å². The summed E-state index contributed by atoms with van der Waals surface area (Å²) in [5.41, 5.74) is 11.9. The van der Waals surface area contributed by atoms with E-state index >= 15 is 0 Å². The first-order chi connectivity index (χ1) is 22.7. The summed E-state index contributed by atoms with van der Waals surface area (Å²) < 4.78 is 0. The van der Waals surface area contributed by atoms with Gasteiger partial charge in [0.1, 0.15) is 0 Å². The molecule has 0 bridgehead atoms. The van der Waals surface area contributed by atoms with Crippen LogP contribution in [0.2, 0.25) is 0 Å². The van der Waals surface area contributed by atoms with Crippen molar-refractivity contribution in [2.45, 2.75) is 36.0 Å². The molecule has 0 radical (unpaired) electrons. The zero-order chi connectivity index (χ0) is 32.9. The van der Waals surface area contributed by atoms with Crippen LogP contribution in [0.3, 0.4) is 0 Å². The molecule has 0 aromatic heterocycles. The summed E-state index contributed by atoms with van der Waals surface area (Å²) in [6.45, 7) is 12.9. The molecule has 0 N–H and O–H groups in total. The van der Waals surface area contributed by atoms with Crippen LogP contribution in [-0.2, 0) is 5.41 Å². The Kier molecular flexibility index (Phi) is 7.69. The lowest BCUT2D eigenvalue weighted by atomic mass is 9.82. The number of benzene rings is 7. The summed E-state index contributed by atoms with van der Waals surface area (Å²) in [4.78, 5) is 2.98. The largest absolute Gasteiger partial charge is 0.192 e. The van der Waals surface area contributed by atoms with Crippen LogP contribution in [0.5, 0.6) is 0 Å². The van der Waals surface area contributed by atoms with Crippen molar-refractivity contribution in [3.05, 3.63) is 158 Å². The Balaban J connectivity index is 0.00000172. The van der Waals surface area contributed by atoms with Crippen LogP contribution in [0, 0.1) is 0 Å². The second-order valence-corrected chi connectivity index (χ2v) is 17.3. The van der Waals surface area contributed by atoms with Crippen molar-refractivity contribution in [3.8, 4) is 44.5 Å². The van der Waals surface area contributed by atoms with E-state index in [4.69, 9.17) is 0 Å². The van der Waals surface area contributed by atoms with E-state index in [1.807, 2.05) is 0 Å². The molecule has 0 nitrogen and oxygen atoms in total. The van der Waals surface area contributed by atoms with Crippen molar-refractivity contribution in [3.63, 3.8) is 0 Å². The Morgan fingerprint density at radius 1 is 0.426 bits per heavy atom. The highest BCUT2D eigenvalue weighted by Gasteiger charge is 2.33. The Labute approximate surface area is 281 Å². The molecule has 1 heteroatoms. The van der Waals surface area contributed by atoms with Gasteiger partial charge >= 0.3 is 0 Å². The molecule has 0 saturated heterocycles. The monoisotopic (exact) mass is 626 g/mol. The SMILES string of the molecule is C=C.CC(C)(C)c1ccc(-c2c3ccc(-c4ccccc4)cc3c(-c3ccccc3)c3cc4c(cc23)-c2ccccc2S4(C)C)cc1. The zero-order valence-electron chi connectivity index (χ0n) is 28.1. The summed E-state index contributed by atoms with van der Waals surface area (Å²) in [7, 11) is -1.16. The zero-order valence-corrected chi connectivity index (χ0v) is 28.9. The summed E-state index contributed by atoms with van der Waals surface area (Å²) in [5, 5.41) is 5.25. The minimum Gasteiger partial charge on any atom is -0.192 e. The van der Waals surface area contributed by atoms with Crippen LogP contribution in [0.25, 0.3) is 66.1 Å². The molecule has 0 atom stereocenters. The van der Waals surface area contributed by atoms with Crippen molar-refractivity contribution in [1.29, 1.82) is 0 Å². The second-order valence-electron chi connectivity index (χ2n) is 13.8. The molecule has 7 aromatic carbocycles. The topological polar surface area (TPSA) is 0 Å². The van der Waals surface area contributed by atoms with Crippen LogP contribution in [0.1, 0.15) is 26.3 Å². The molecule has 0 unspecified atom stereocenters. The van der Waals surface area contributed by atoms with Crippen LogP contribution in [0.4, 0.5) is 0 Å². The summed E-state index contributed by atoms with van der Waals surface area (Å²) in [5.74, 6) is 0. The predicted octanol–water partition coefficient (Wildman–Crippen LogP) is 13.6. The average Bonchev–Trinajstić information content (AvgIpc) is 3.33. The quantitative estimate of drug-likeness (QED) is 0.135. The van der Waals surface area contributed by atoms with E-state index in [-0.39, 0.29) is 5.41 Å². The van der Waals surface area contributed by atoms with E-state index in [9.17, 15) is 0 Å². The van der Waals surface area contributed by atoms with Crippen LogP contribution in [0.15, 0.2) is 162 Å². The van der Waals surface area contributed by atoms with Gasteiger partial charge in [-0.05, 0) is 114 Å². The number of rotatable bonds is 3.